The minimum absolute atomic E-state index is 0.175. The Morgan fingerprint density at radius 1 is 1.03 bits per heavy atom. The SMILES string of the molecule is Cc1ccc(Cc2nsc(N(CC(=O)N3CCCC3)Cc3ccccc3)n2)cc1. The molecular weight excluding hydrogens is 380 g/mol. The summed E-state index contributed by atoms with van der Waals surface area (Å²) >= 11 is 1.38. The number of benzene rings is 2. The second kappa shape index (κ2) is 9.18. The maximum Gasteiger partial charge on any atom is 0.242 e. The molecule has 6 heteroatoms. The van der Waals surface area contributed by atoms with Gasteiger partial charge in [0.2, 0.25) is 11.0 Å². The van der Waals surface area contributed by atoms with E-state index in [1.165, 1.54) is 22.7 Å². The molecule has 2 aromatic carbocycles. The van der Waals surface area contributed by atoms with Gasteiger partial charge < -0.3 is 9.80 Å². The van der Waals surface area contributed by atoms with Gasteiger partial charge in [0.25, 0.3) is 0 Å². The molecule has 1 saturated heterocycles. The van der Waals surface area contributed by atoms with Gasteiger partial charge in [0.15, 0.2) is 0 Å². The number of aromatic nitrogens is 2. The number of nitrogens with zero attached hydrogens (tertiary/aromatic N) is 4. The molecule has 0 aliphatic carbocycles. The molecule has 1 aliphatic heterocycles. The van der Waals surface area contributed by atoms with Crippen LogP contribution in [0.1, 0.15) is 35.4 Å². The van der Waals surface area contributed by atoms with Crippen molar-refractivity contribution in [1.29, 1.82) is 0 Å². The van der Waals surface area contributed by atoms with Gasteiger partial charge in [0.1, 0.15) is 5.82 Å². The van der Waals surface area contributed by atoms with E-state index in [-0.39, 0.29) is 5.91 Å². The van der Waals surface area contributed by atoms with Crippen LogP contribution in [0.3, 0.4) is 0 Å². The first-order chi connectivity index (χ1) is 14.2. The predicted molar refractivity (Wildman–Crippen MR) is 117 cm³/mol. The van der Waals surface area contributed by atoms with Crippen LogP contribution in [-0.2, 0) is 17.8 Å². The van der Waals surface area contributed by atoms with Crippen LogP contribution in [0.4, 0.5) is 5.13 Å². The molecule has 1 aliphatic rings. The van der Waals surface area contributed by atoms with Crippen molar-refractivity contribution in [1.82, 2.24) is 14.3 Å². The van der Waals surface area contributed by atoms with Crippen molar-refractivity contribution >= 4 is 22.6 Å². The normalized spacial score (nSPS) is 13.6. The summed E-state index contributed by atoms with van der Waals surface area (Å²) in [6.45, 7) is 4.81. The summed E-state index contributed by atoms with van der Waals surface area (Å²) in [5, 5.41) is 0.809. The third-order valence-electron chi connectivity index (χ3n) is 5.21. The zero-order valence-corrected chi connectivity index (χ0v) is 17.6. The average Bonchev–Trinajstić information content (AvgIpc) is 3.42. The Morgan fingerprint density at radius 3 is 2.48 bits per heavy atom. The van der Waals surface area contributed by atoms with Crippen LogP contribution in [0.25, 0.3) is 0 Å². The van der Waals surface area contributed by atoms with E-state index < -0.39 is 0 Å². The van der Waals surface area contributed by atoms with Crippen molar-refractivity contribution in [3.05, 3.63) is 77.1 Å². The van der Waals surface area contributed by atoms with Gasteiger partial charge in [-0.15, -0.1) is 0 Å². The highest BCUT2D eigenvalue weighted by atomic mass is 32.1. The summed E-state index contributed by atoms with van der Waals surface area (Å²) in [6.07, 6.45) is 2.91. The number of carbonyl (C=O) groups is 1. The van der Waals surface area contributed by atoms with Gasteiger partial charge >= 0.3 is 0 Å². The maximum atomic E-state index is 12.8. The molecule has 0 bridgehead atoms. The van der Waals surface area contributed by atoms with E-state index in [4.69, 9.17) is 4.98 Å². The third kappa shape index (κ3) is 5.21. The average molecular weight is 407 g/mol. The molecule has 0 spiro atoms. The molecule has 0 radical (unpaired) electrons. The number of carbonyl (C=O) groups excluding carboxylic acids is 1. The summed E-state index contributed by atoms with van der Waals surface area (Å²) in [7, 11) is 0. The standard InChI is InChI=1S/C23H26N4OS/c1-18-9-11-19(12-10-18)15-21-24-23(29-25-21)27(16-20-7-3-2-4-8-20)17-22(28)26-13-5-6-14-26/h2-4,7-12H,5-6,13-17H2,1H3. The summed E-state index contributed by atoms with van der Waals surface area (Å²) in [6, 6.07) is 18.7. The fourth-order valence-electron chi connectivity index (χ4n) is 3.56. The van der Waals surface area contributed by atoms with Crippen LogP contribution in [0.5, 0.6) is 0 Å². The number of likely N-dealkylation sites (tertiary alicyclic amines) is 1. The predicted octanol–water partition coefficient (Wildman–Crippen LogP) is 4.07. The highest BCUT2D eigenvalue weighted by Crippen LogP contribution is 2.22. The van der Waals surface area contributed by atoms with Crippen molar-refractivity contribution in [3.63, 3.8) is 0 Å². The van der Waals surface area contributed by atoms with E-state index >= 15 is 0 Å². The molecule has 0 saturated carbocycles. The Bertz CT molecular complexity index is 933. The molecule has 29 heavy (non-hydrogen) atoms. The molecule has 1 aromatic heterocycles. The first-order valence-electron chi connectivity index (χ1n) is 10.1. The molecule has 5 nitrogen and oxygen atoms in total. The van der Waals surface area contributed by atoms with E-state index in [2.05, 4.69) is 52.6 Å². The van der Waals surface area contributed by atoms with E-state index in [0.29, 0.717) is 19.5 Å². The van der Waals surface area contributed by atoms with Gasteiger partial charge in [-0.2, -0.15) is 4.37 Å². The molecule has 4 rings (SSSR count). The van der Waals surface area contributed by atoms with E-state index in [1.54, 1.807) is 0 Å². The van der Waals surface area contributed by atoms with Crippen LogP contribution in [-0.4, -0.2) is 39.8 Å². The lowest BCUT2D eigenvalue weighted by molar-refractivity contribution is -0.128. The number of aryl methyl sites for hydroxylation is 1. The third-order valence-corrected chi connectivity index (χ3v) is 6.03. The first-order valence-corrected chi connectivity index (χ1v) is 10.9. The number of amides is 1. The fourth-order valence-corrected chi connectivity index (χ4v) is 4.24. The monoisotopic (exact) mass is 406 g/mol. The quantitative estimate of drug-likeness (QED) is 0.594. The zero-order chi connectivity index (χ0) is 20.1. The zero-order valence-electron chi connectivity index (χ0n) is 16.8. The minimum Gasteiger partial charge on any atom is -0.341 e. The van der Waals surface area contributed by atoms with Crippen LogP contribution in [0, 0.1) is 6.92 Å². The lowest BCUT2D eigenvalue weighted by Crippen LogP contribution is -2.38. The van der Waals surface area contributed by atoms with Crippen molar-refractivity contribution < 1.29 is 4.79 Å². The Hall–Kier alpha value is -2.73. The van der Waals surface area contributed by atoms with Crippen LogP contribution in [0.15, 0.2) is 54.6 Å². The van der Waals surface area contributed by atoms with Gasteiger partial charge in [-0.05, 0) is 30.9 Å². The van der Waals surface area contributed by atoms with Crippen molar-refractivity contribution in [2.24, 2.45) is 0 Å². The highest BCUT2D eigenvalue weighted by molar-refractivity contribution is 7.09. The van der Waals surface area contributed by atoms with Gasteiger partial charge in [-0.1, -0.05) is 60.2 Å². The largest absolute Gasteiger partial charge is 0.341 e. The number of hydrogen-bond acceptors (Lipinski definition) is 5. The summed E-state index contributed by atoms with van der Waals surface area (Å²) in [5.74, 6) is 0.981. The van der Waals surface area contributed by atoms with Gasteiger partial charge in [0.05, 0.1) is 6.54 Å². The second-order valence-electron chi connectivity index (χ2n) is 7.59. The Morgan fingerprint density at radius 2 is 1.76 bits per heavy atom. The smallest absolute Gasteiger partial charge is 0.242 e. The summed E-state index contributed by atoms with van der Waals surface area (Å²) in [4.78, 5) is 21.6. The molecule has 0 unspecified atom stereocenters. The van der Waals surface area contributed by atoms with Crippen LogP contribution < -0.4 is 4.90 Å². The van der Waals surface area contributed by atoms with Gasteiger partial charge in [0, 0.05) is 37.6 Å². The Labute approximate surface area is 176 Å². The lowest BCUT2D eigenvalue weighted by Gasteiger charge is -2.24. The molecule has 3 aromatic rings. The van der Waals surface area contributed by atoms with Crippen molar-refractivity contribution in [2.75, 3.05) is 24.5 Å². The van der Waals surface area contributed by atoms with Crippen molar-refractivity contribution in [2.45, 2.75) is 32.7 Å². The highest BCUT2D eigenvalue weighted by Gasteiger charge is 2.23. The van der Waals surface area contributed by atoms with Gasteiger partial charge in [-0.25, -0.2) is 4.98 Å². The van der Waals surface area contributed by atoms with Crippen LogP contribution >= 0.6 is 11.5 Å². The van der Waals surface area contributed by atoms with E-state index in [1.807, 2.05) is 23.1 Å². The minimum atomic E-state index is 0.175. The number of anilines is 1. The van der Waals surface area contributed by atoms with E-state index in [9.17, 15) is 4.79 Å². The number of rotatable bonds is 7. The molecular formula is C23H26N4OS. The molecule has 1 amide bonds. The van der Waals surface area contributed by atoms with E-state index in [0.717, 1.165) is 42.5 Å². The molecule has 0 N–H and O–H groups in total. The first kappa shape index (κ1) is 19.6. The topological polar surface area (TPSA) is 49.3 Å². The molecule has 150 valence electrons. The van der Waals surface area contributed by atoms with Crippen LogP contribution in [0.2, 0.25) is 0 Å². The fraction of sp³-hybridized carbons (Fsp3) is 0.348. The molecule has 0 atom stereocenters. The Balaban J connectivity index is 1.51. The summed E-state index contributed by atoms with van der Waals surface area (Å²) < 4.78 is 4.57. The lowest BCUT2D eigenvalue weighted by atomic mass is 10.1. The van der Waals surface area contributed by atoms with Gasteiger partial charge in [-0.3, -0.25) is 4.79 Å². The summed E-state index contributed by atoms with van der Waals surface area (Å²) in [5.41, 5.74) is 3.61. The second-order valence-corrected chi connectivity index (χ2v) is 8.32. The number of hydrogen-bond donors (Lipinski definition) is 0. The Kier molecular flexibility index (Phi) is 6.20. The van der Waals surface area contributed by atoms with Crippen molar-refractivity contribution in [3.8, 4) is 0 Å². The maximum absolute atomic E-state index is 12.8. The molecule has 2 heterocycles. The molecule has 1 fully saturated rings.